The number of anilines is 1. The second-order valence-electron chi connectivity index (χ2n) is 5.56. The highest BCUT2D eigenvalue weighted by atomic mass is 32.2. The van der Waals surface area contributed by atoms with E-state index in [1.54, 1.807) is 0 Å². The molecule has 1 saturated heterocycles. The number of rotatable bonds is 5. The molecule has 0 aromatic heterocycles. The lowest BCUT2D eigenvalue weighted by Crippen LogP contribution is -2.28. The highest BCUT2D eigenvalue weighted by Gasteiger charge is 2.31. The van der Waals surface area contributed by atoms with Crippen LogP contribution in [0.1, 0.15) is 19.8 Å². The minimum absolute atomic E-state index is 0.130. The fraction of sp³-hybridized carbons (Fsp3) is 0.278. The number of nitrogens with zero attached hydrogens (tertiary/aromatic N) is 1. The number of nitrogens with one attached hydrogen (secondary N) is 2. The van der Waals surface area contributed by atoms with E-state index in [4.69, 9.17) is 0 Å². The number of carbonyl (C=O) groups is 2. The van der Waals surface area contributed by atoms with Crippen LogP contribution in [0.2, 0.25) is 0 Å². The monoisotopic (exact) mass is 341 g/mol. The summed E-state index contributed by atoms with van der Waals surface area (Å²) >= 11 is 1.33. The summed E-state index contributed by atoms with van der Waals surface area (Å²) in [7, 11) is 0. The summed E-state index contributed by atoms with van der Waals surface area (Å²) in [5, 5.41) is 7.90. The number of amides is 2. The predicted molar refractivity (Wildman–Crippen MR) is 99.3 cm³/mol. The van der Waals surface area contributed by atoms with Gasteiger partial charge in [-0.3, -0.25) is 14.6 Å². The van der Waals surface area contributed by atoms with Gasteiger partial charge in [-0.05, 0) is 17.9 Å². The topological polar surface area (TPSA) is 70.6 Å². The van der Waals surface area contributed by atoms with E-state index in [0.717, 1.165) is 22.9 Å². The SMILES string of the molecule is CCCN=C1NC(=O)C(CC(=O)Nc2cccc3ccccc23)S1. The smallest absolute Gasteiger partial charge is 0.240 e. The number of carbonyl (C=O) groups excluding carboxylic acids is 2. The molecule has 24 heavy (non-hydrogen) atoms. The molecule has 2 aromatic carbocycles. The van der Waals surface area contributed by atoms with Gasteiger partial charge in [0.1, 0.15) is 5.25 Å². The van der Waals surface area contributed by atoms with E-state index in [0.29, 0.717) is 11.7 Å². The minimum Gasteiger partial charge on any atom is -0.325 e. The lowest BCUT2D eigenvalue weighted by molar-refractivity contribution is -0.122. The number of hydrogen-bond donors (Lipinski definition) is 2. The maximum atomic E-state index is 12.3. The van der Waals surface area contributed by atoms with Gasteiger partial charge in [0.25, 0.3) is 0 Å². The van der Waals surface area contributed by atoms with E-state index in [9.17, 15) is 9.59 Å². The molecule has 6 heteroatoms. The molecular weight excluding hydrogens is 322 g/mol. The molecule has 124 valence electrons. The van der Waals surface area contributed by atoms with E-state index >= 15 is 0 Å². The van der Waals surface area contributed by atoms with Crippen LogP contribution in [0.5, 0.6) is 0 Å². The van der Waals surface area contributed by atoms with Crippen LogP contribution in [0.3, 0.4) is 0 Å². The summed E-state index contributed by atoms with van der Waals surface area (Å²) in [6.45, 7) is 2.71. The Morgan fingerprint density at radius 3 is 2.88 bits per heavy atom. The summed E-state index contributed by atoms with van der Waals surface area (Å²) in [6.07, 6.45) is 1.05. The molecule has 1 heterocycles. The van der Waals surface area contributed by atoms with Crippen LogP contribution in [0.25, 0.3) is 10.8 Å². The zero-order valence-electron chi connectivity index (χ0n) is 13.4. The zero-order valence-corrected chi connectivity index (χ0v) is 14.2. The molecule has 1 fully saturated rings. The van der Waals surface area contributed by atoms with Crippen molar-refractivity contribution in [3.8, 4) is 0 Å². The molecule has 0 radical (unpaired) electrons. The van der Waals surface area contributed by atoms with Gasteiger partial charge in [0.2, 0.25) is 11.8 Å². The van der Waals surface area contributed by atoms with Crippen molar-refractivity contribution in [2.24, 2.45) is 4.99 Å². The van der Waals surface area contributed by atoms with Crippen LogP contribution in [0, 0.1) is 0 Å². The van der Waals surface area contributed by atoms with Gasteiger partial charge in [-0.2, -0.15) is 0 Å². The minimum atomic E-state index is -0.421. The lowest BCUT2D eigenvalue weighted by Gasteiger charge is -2.10. The van der Waals surface area contributed by atoms with Gasteiger partial charge in [-0.25, -0.2) is 0 Å². The molecule has 0 bridgehead atoms. The number of hydrogen-bond acceptors (Lipinski definition) is 4. The second kappa shape index (κ2) is 7.49. The molecule has 3 rings (SSSR count). The average Bonchev–Trinajstić information content (AvgIpc) is 2.93. The van der Waals surface area contributed by atoms with E-state index in [2.05, 4.69) is 15.6 Å². The maximum Gasteiger partial charge on any atom is 0.240 e. The number of benzene rings is 2. The molecule has 0 aliphatic carbocycles. The Morgan fingerprint density at radius 2 is 2.04 bits per heavy atom. The third kappa shape index (κ3) is 3.76. The third-order valence-electron chi connectivity index (χ3n) is 3.69. The quantitative estimate of drug-likeness (QED) is 0.877. The Labute approximate surface area is 144 Å². The first-order valence-electron chi connectivity index (χ1n) is 7.97. The van der Waals surface area contributed by atoms with E-state index in [1.807, 2.05) is 49.4 Å². The van der Waals surface area contributed by atoms with Crippen molar-refractivity contribution in [3.05, 3.63) is 42.5 Å². The van der Waals surface area contributed by atoms with Crippen LogP contribution < -0.4 is 10.6 Å². The molecule has 2 aromatic rings. The standard InChI is InChI=1S/C18H19N3O2S/c1-2-10-19-18-21-17(23)15(24-18)11-16(22)20-14-9-5-7-12-6-3-4-8-13(12)14/h3-9,15H,2,10-11H2,1H3,(H,20,22)(H,19,21,23). The molecule has 2 N–H and O–H groups in total. The first-order valence-corrected chi connectivity index (χ1v) is 8.85. The molecule has 2 amide bonds. The first kappa shape index (κ1) is 16.5. The molecule has 1 aliphatic heterocycles. The highest BCUT2D eigenvalue weighted by molar-refractivity contribution is 8.15. The van der Waals surface area contributed by atoms with Crippen molar-refractivity contribution >= 4 is 45.2 Å². The first-order chi connectivity index (χ1) is 11.7. The summed E-state index contributed by atoms with van der Waals surface area (Å²) < 4.78 is 0. The Balaban J connectivity index is 1.66. The summed E-state index contributed by atoms with van der Waals surface area (Å²) in [4.78, 5) is 28.6. The Hall–Kier alpha value is -2.34. The Kier molecular flexibility index (Phi) is 5.15. The van der Waals surface area contributed by atoms with E-state index in [1.165, 1.54) is 11.8 Å². The van der Waals surface area contributed by atoms with Crippen molar-refractivity contribution in [3.63, 3.8) is 0 Å². The van der Waals surface area contributed by atoms with Gasteiger partial charge in [0.15, 0.2) is 5.17 Å². The average molecular weight is 341 g/mol. The van der Waals surface area contributed by atoms with Crippen molar-refractivity contribution in [1.29, 1.82) is 0 Å². The fourth-order valence-corrected chi connectivity index (χ4v) is 3.53. The van der Waals surface area contributed by atoms with Crippen LogP contribution in [0.4, 0.5) is 5.69 Å². The van der Waals surface area contributed by atoms with Gasteiger partial charge >= 0.3 is 0 Å². The maximum absolute atomic E-state index is 12.3. The molecule has 1 unspecified atom stereocenters. The summed E-state index contributed by atoms with van der Waals surface area (Å²) in [6, 6.07) is 13.7. The zero-order chi connectivity index (χ0) is 16.9. The van der Waals surface area contributed by atoms with Gasteiger partial charge < -0.3 is 10.6 Å². The van der Waals surface area contributed by atoms with E-state index < -0.39 is 5.25 Å². The molecule has 1 aliphatic rings. The normalized spacial score (nSPS) is 18.8. The summed E-state index contributed by atoms with van der Waals surface area (Å²) in [5.41, 5.74) is 0.765. The van der Waals surface area contributed by atoms with Crippen molar-refractivity contribution in [2.75, 3.05) is 11.9 Å². The van der Waals surface area contributed by atoms with Crippen molar-refractivity contribution in [2.45, 2.75) is 25.0 Å². The molecule has 5 nitrogen and oxygen atoms in total. The van der Waals surface area contributed by atoms with Gasteiger partial charge in [-0.15, -0.1) is 0 Å². The van der Waals surface area contributed by atoms with Crippen molar-refractivity contribution < 1.29 is 9.59 Å². The lowest BCUT2D eigenvalue weighted by atomic mass is 10.1. The number of aliphatic imine (C=N–C) groups is 1. The van der Waals surface area contributed by atoms with Gasteiger partial charge in [0.05, 0.1) is 0 Å². The molecular formula is C18H19N3O2S. The molecule has 0 spiro atoms. The summed E-state index contributed by atoms with van der Waals surface area (Å²) in [5.74, 6) is -0.321. The van der Waals surface area contributed by atoms with Crippen molar-refractivity contribution in [1.82, 2.24) is 5.32 Å². The fourth-order valence-electron chi connectivity index (χ4n) is 2.53. The third-order valence-corrected chi connectivity index (χ3v) is 4.81. The Bertz CT molecular complexity index is 798. The number of amidine groups is 1. The predicted octanol–water partition coefficient (Wildman–Crippen LogP) is 3.17. The van der Waals surface area contributed by atoms with E-state index in [-0.39, 0.29) is 18.2 Å². The largest absolute Gasteiger partial charge is 0.325 e. The highest BCUT2D eigenvalue weighted by Crippen LogP contribution is 2.25. The number of thioether (sulfide) groups is 1. The van der Waals surface area contributed by atoms with Gasteiger partial charge in [0, 0.05) is 24.0 Å². The Morgan fingerprint density at radius 1 is 1.25 bits per heavy atom. The van der Waals surface area contributed by atoms with Crippen LogP contribution in [-0.4, -0.2) is 28.8 Å². The molecule has 0 saturated carbocycles. The van der Waals surface area contributed by atoms with Crippen LogP contribution >= 0.6 is 11.8 Å². The molecule has 1 atom stereocenters. The van der Waals surface area contributed by atoms with Crippen LogP contribution in [0.15, 0.2) is 47.5 Å². The van der Waals surface area contributed by atoms with Gasteiger partial charge in [-0.1, -0.05) is 55.1 Å². The second-order valence-corrected chi connectivity index (χ2v) is 6.75. The number of fused-ring (bicyclic) bond motifs is 1. The van der Waals surface area contributed by atoms with Crippen LogP contribution in [-0.2, 0) is 9.59 Å².